The standard InChI is InChI=1S/C17H22N2O5S/c1-13-11-15(13)17(21)24-12-16(20)18-7-9-19(10-8-18)25(22,23)14-5-3-2-4-6-14/h2-6,13,15H,7-12H2,1H3. The molecule has 0 spiro atoms. The zero-order chi connectivity index (χ0) is 18.0. The molecule has 1 aromatic rings. The monoisotopic (exact) mass is 366 g/mol. The number of ether oxygens (including phenoxy) is 1. The average molecular weight is 366 g/mol. The fourth-order valence-electron chi connectivity index (χ4n) is 2.90. The van der Waals surface area contributed by atoms with Gasteiger partial charge in [-0.05, 0) is 24.5 Å². The van der Waals surface area contributed by atoms with Crippen LogP contribution < -0.4 is 0 Å². The van der Waals surface area contributed by atoms with Crippen LogP contribution in [0.5, 0.6) is 0 Å². The van der Waals surface area contributed by atoms with E-state index < -0.39 is 10.0 Å². The number of hydrogen-bond donors (Lipinski definition) is 0. The summed E-state index contributed by atoms with van der Waals surface area (Å²) in [6, 6.07) is 8.25. The second-order valence-electron chi connectivity index (χ2n) is 6.53. The van der Waals surface area contributed by atoms with E-state index in [9.17, 15) is 18.0 Å². The van der Waals surface area contributed by atoms with Gasteiger partial charge in [-0.3, -0.25) is 9.59 Å². The van der Waals surface area contributed by atoms with Crippen molar-refractivity contribution in [3.63, 3.8) is 0 Å². The third-order valence-electron chi connectivity index (χ3n) is 4.72. The van der Waals surface area contributed by atoms with Crippen LogP contribution in [0.15, 0.2) is 35.2 Å². The van der Waals surface area contributed by atoms with Crippen LogP contribution in [-0.4, -0.2) is 62.3 Å². The fraction of sp³-hybridized carbons (Fsp3) is 0.529. The van der Waals surface area contributed by atoms with Gasteiger partial charge in [0.15, 0.2) is 6.61 Å². The van der Waals surface area contributed by atoms with Crippen LogP contribution >= 0.6 is 0 Å². The number of carbonyl (C=O) groups is 2. The van der Waals surface area contributed by atoms with Crippen LogP contribution in [0.4, 0.5) is 0 Å². The van der Waals surface area contributed by atoms with Crippen molar-refractivity contribution in [2.75, 3.05) is 32.8 Å². The van der Waals surface area contributed by atoms with E-state index in [1.165, 1.54) is 4.31 Å². The first kappa shape index (κ1) is 17.9. The Balaban J connectivity index is 1.50. The summed E-state index contributed by atoms with van der Waals surface area (Å²) in [5.74, 6) is -0.320. The highest BCUT2D eigenvalue weighted by Crippen LogP contribution is 2.38. The van der Waals surface area contributed by atoms with Crippen LogP contribution in [0, 0.1) is 11.8 Å². The van der Waals surface area contributed by atoms with Crippen LogP contribution in [0.2, 0.25) is 0 Å². The molecule has 136 valence electrons. The first-order chi connectivity index (χ1) is 11.9. The molecule has 2 fully saturated rings. The van der Waals surface area contributed by atoms with Crippen molar-refractivity contribution >= 4 is 21.9 Å². The summed E-state index contributed by atoms with van der Waals surface area (Å²) in [7, 11) is -3.54. The number of hydrogen-bond acceptors (Lipinski definition) is 5. The Labute approximate surface area is 147 Å². The van der Waals surface area contributed by atoms with Crippen molar-refractivity contribution in [3.8, 4) is 0 Å². The van der Waals surface area contributed by atoms with E-state index in [4.69, 9.17) is 4.74 Å². The van der Waals surface area contributed by atoms with Crippen LogP contribution in [0.3, 0.4) is 0 Å². The molecule has 0 aromatic heterocycles. The molecule has 1 amide bonds. The lowest BCUT2D eigenvalue weighted by molar-refractivity contribution is -0.153. The van der Waals surface area contributed by atoms with Crippen LogP contribution in [0.1, 0.15) is 13.3 Å². The SMILES string of the molecule is CC1CC1C(=O)OCC(=O)N1CCN(S(=O)(=O)c2ccccc2)CC1. The highest BCUT2D eigenvalue weighted by Gasteiger charge is 2.41. The highest BCUT2D eigenvalue weighted by molar-refractivity contribution is 7.89. The van der Waals surface area contributed by atoms with Gasteiger partial charge in [-0.2, -0.15) is 4.31 Å². The minimum atomic E-state index is -3.54. The summed E-state index contributed by atoms with van der Waals surface area (Å²) in [4.78, 5) is 25.6. The molecule has 0 bridgehead atoms. The molecule has 7 nitrogen and oxygen atoms in total. The lowest BCUT2D eigenvalue weighted by Crippen LogP contribution is -2.51. The molecule has 1 aliphatic heterocycles. The minimum Gasteiger partial charge on any atom is -0.455 e. The Kier molecular flexibility index (Phi) is 5.10. The van der Waals surface area contributed by atoms with Gasteiger partial charge in [-0.15, -0.1) is 0 Å². The van der Waals surface area contributed by atoms with Crippen LogP contribution in [-0.2, 0) is 24.3 Å². The van der Waals surface area contributed by atoms with E-state index in [0.717, 1.165) is 6.42 Å². The topological polar surface area (TPSA) is 84.0 Å². The zero-order valence-corrected chi connectivity index (χ0v) is 14.9. The molecule has 2 unspecified atom stereocenters. The summed E-state index contributed by atoms with van der Waals surface area (Å²) in [6.07, 6.45) is 0.822. The number of nitrogens with zero attached hydrogens (tertiary/aromatic N) is 2. The maximum Gasteiger partial charge on any atom is 0.309 e. The van der Waals surface area contributed by atoms with Gasteiger partial charge in [0.25, 0.3) is 5.91 Å². The molecule has 2 aliphatic rings. The molecule has 1 aromatic carbocycles. The molecule has 25 heavy (non-hydrogen) atoms. The molecule has 2 atom stereocenters. The number of carbonyl (C=O) groups excluding carboxylic acids is 2. The first-order valence-electron chi connectivity index (χ1n) is 8.39. The summed E-state index contributed by atoms with van der Waals surface area (Å²) in [5, 5.41) is 0. The molecule has 8 heteroatoms. The van der Waals surface area contributed by atoms with Crippen LogP contribution in [0.25, 0.3) is 0 Å². The number of amides is 1. The Morgan fingerprint density at radius 1 is 1.12 bits per heavy atom. The molecule has 1 saturated heterocycles. The van der Waals surface area contributed by atoms with E-state index in [0.29, 0.717) is 19.0 Å². The summed E-state index contributed by atoms with van der Waals surface area (Å²) >= 11 is 0. The number of rotatable bonds is 5. The molecule has 3 rings (SSSR count). The first-order valence-corrected chi connectivity index (χ1v) is 9.83. The van der Waals surface area contributed by atoms with E-state index in [1.807, 2.05) is 6.92 Å². The van der Waals surface area contributed by atoms with E-state index in [-0.39, 0.29) is 42.4 Å². The molecule has 1 saturated carbocycles. The van der Waals surface area contributed by atoms with Gasteiger partial charge in [-0.25, -0.2) is 8.42 Å². The van der Waals surface area contributed by atoms with Gasteiger partial charge in [0.1, 0.15) is 0 Å². The number of piperazine rings is 1. The quantitative estimate of drug-likeness (QED) is 0.717. The number of benzene rings is 1. The third-order valence-corrected chi connectivity index (χ3v) is 6.64. The van der Waals surface area contributed by atoms with Crippen molar-refractivity contribution in [1.29, 1.82) is 0 Å². The Morgan fingerprint density at radius 3 is 2.28 bits per heavy atom. The smallest absolute Gasteiger partial charge is 0.309 e. The highest BCUT2D eigenvalue weighted by atomic mass is 32.2. The Bertz CT molecular complexity index is 742. The summed E-state index contributed by atoms with van der Waals surface area (Å²) in [6.45, 7) is 2.76. The molecule has 0 radical (unpaired) electrons. The van der Waals surface area contributed by atoms with E-state index in [2.05, 4.69) is 0 Å². The number of esters is 1. The average Bonchev–Trinajstić information content (AvgIpc) is 3.37. The fourth-order valence-corrected chi connectivity index (χ4v) is 4.34. The maximum atomic E-state index is 12.5. The van der Waals surface area contributed by atoms with Gasteiger partial charge in [0, 0.05) is 26.2 Å². The molecular weight excluding hydrogens is 344 g/mol. The molecule has 1 aliphatic carbocycles. The lowest BCUT2D eigenvalue weighted by atomic mass is 10.3. The predicted molar refractivity (Wildman–Crippen MR) is 90.0 cm³/mol. The summed E-state index contributed by atoms with van der Waals surface area (Å²) < 4.78 is 31.5. The Morgan fingerprint density at radius 2 is 1.72 bits per heavy atom. The van der Waals surface area contributed by atoms with Gasteiger partial charge in [0.05, 0.1) is 10.8 Å². The normalized spacial score (nSPS) is 24.0. The van der Waals surface area contributed by atoms with Crippen molar-refractivity contribution in [2.45, 2.75) is 18.2 Å². The molecule has 0 N–H and O–H groups in total. The van der Waals surface area contributed by atoms with E-state index in [1.54, 1.807) is 35.2 Å². The van der Waals surface area contributed by atoms with Gasteiger partial charge in [-0.1, -0.05) is 25.1 Å². The maximum absolute atomic E-state index is 12.5. The largest absolute Gasteiger partial charge is 0.455 e. The Hall–Kier alpha value is -1.93. The predicted octanol–water partition coefficient (Wildman–Crippen LogP) is 0.719. The van der Waals surface area contributed by atoms with Crippen molar-refractivity contribution in [3.05, 3.63) is 30.3 Å². The zero-order valence-electron chi connectivity index (χ0n) is 14.1. The van der Waals surface area contributed by atoms with Gasteiger partial charge in [0.2, 0.25) is 10.0 Å². The molecule has 1 heterocycles. The molecular formula is C17H22N2O5S. The number of sulfonamides is 1. The second-order valence-corrected chi connectivity index (χ2v) is 8.46. The second kappa shape index (κ2) is 7.13. The van der Waals surface area contributed by atoms with Crippen molar-refractivity contribution < 1.29 is 22.7 Å². The van der Waals surface area contributed by atoms with Crippen molar-refractivity contribution in [2.24, 2.45) is 11.8 Å². The van der Waals surface area contributed by atoms with Crippen molar-refractivity contribution in [1.82, 2.24) is 9.21 Å². The van der Waals surface area contributed by atoms with Gasteiger partial charge < -0.3 is 9.64 Å². The van der Waals surface area contributed by atoms with Gasteiger partial charge >= 0.3 is 5.97 Å². The third kappa shape index (κ3) is 4.01. The summed E-state index contributed by atoms with van der Waals surface area (Å²) in [5.41, 5.74) is 0. The van der Waals surface area contributed by atoms with E-state index >= 15 is 0 Å². The lowest BCUT2D eigenvalue weighted by Gasteiger charge is -2.33. The minimum absolute atomic E-state index is 0.0688.